The maximum absolute atomic E-state index is 6.13. The number of rotatable bonds is 4. The molecular weight excluding hydrogens is 278 g/mol. The van der Waals surface area contributed by atoms with Gasteiger partial charge in [-0.05, 0) is 34.1 Å². The molecule has 0 saturated carbocycles. The summed E-state index contributed by atoms with van der Waals surface area (Å²) in [6.07, 6.45) is 0.917. The molecule has 1 aliphatic rings. The first-order valence-corrected chi connectivity index (χ1v) is 7.90. The molecule has 2 heterocycles. The molecule has 6 heteroatoms. The number of aromatic nitrogens is 3. The highest BCUT2D eigenvalue weighted by Gasteiger charge is 2.46. The Morgan fingerprint density at radius 3 is 2.23 bits per heavy atom. The van der Waals surface area contributed by atoms with Crippen LogP contribution >= 0.6 is 0 Å². The van der Waals surface area contributed by atoms with E-state index < -0.39 is 0 Å². The maximum Gasteiger partial charge on any atom is 0.229 e. The van der Waals surface area contributed by atoms with Gasteiger partial charge in [0.1, 0.15) is 5.82 Å². The van der Waals surface area contributed by atoms with Crippen LogP contribution in [0.5, 0.6) is 0 Å². The Morgan fingerprint density at radius 2 is 1.77 bits per heavy atom. The molecule has 1 atom stereocenters. The molecule has 0 amide bonds. The first kappa shape index (κ1) is 16.9. The van der Waals surface area contributed by atoms with E-state index in [-0.39, 0.29) is 23.2 Å². The van der Waals surface area contributed by atoms with Gasteiger partial charge in [-0.15, -0.1) is 0 Å². The van der Waals surface area contributed by atoms with Gasteiger partial charge in [-0.1, -0.05) is 13.8 Å². The van der Waals surface area contributed by atoms with Crippen LogP contribution in [0.1, 0.15) is 59.7 Å². The molecule has 1 N–H and O–H groups in total. The fourth-order valence-electron chi connectivity index (χ4n) is 2.85. The van der Waals surface area contributed by atoms with Crippen molar-refractivity contribution in [2.75, 3.05) is 24.3 Å². The van der Waals surface area contributed by atoms with E-state index in [9.17, 15) is 0 Å². The number of hydrogen-bond acceptors (Lipinski definition) is 6. The topological polar surface area (TPSA) is 63.2 Å². The largest absolute Gasteiger partial charge is 0.367 e. The molecule has 124 valence electrons. The van der Waals surface area contributed by atoms with Gasteiger partial charge in [0.25, 0.3) is 0 Å². The van der Waals surface area contributed by atoms with Crippen molar-refractivity contribution in [1.29, 1.82) is 0 Å². The van der Waals surface area contributed by atoms with Gasteiger partial charge in [-0.25, -0.2) is 0 Å². The summed E-state index contributed by atoms with van der Waals surface area (Å²) < 4.78 is 6.13. The van der Waals surface area contributed by atoms with Crippen molar-refractivity contribution < 1.29 is 4.74 Å². The number of nitrogens with zero attached hydrogens (tertiary/aromatic N) is 4. The van der Waals surface area contributed by atoms with E-state index in [1.165, 1.54) is 0 Å². The molecule has 0 aliphatic carbocycles. The molecule has 0 bridgehead atoms. The summed E-state index contributed by atoms with van der Waals surface area (Å²) in [6.45, 7) is 12.6. The summed E-state index contributed by atoms with van der Waals surface area (Å²) >= 11 is 0. The van der Waals surface area contributed by atoms with Gasteiger partial charge < -0.3 is 15.0 Å². The van der Waals surface area contributed by atoms with Crippen molar-refractivity contribution in [3.63, 3.8) is 0 Å². The zero-order valence-corrected chi connectivity index (χ0v) is 15.1. The van der Waals surface area contributed by atoms with Crippen LogP contribution in [0.4, 0.5) is 11.9 Å². The standard InChI is InChI=1S/C16H29N5O/c1-10(2)12-18-13(20-14(19-12)21(7)8)17-11-9-15(3,4)22-16(11,5)6/h10-11H,9H2,1-8H3,(H,17,18,19,20). The van der Waals surface area contributed by atoms with E-state index in [0.29, 0.717) is 11.9 Å². The lowest BCUT2D eigenvalue weighted by Gasteiger charge is -2.28. The molecule has 1 aromatic rings. The van der Waals surface area contributed by atoms with Crippen molar-refractivity contribution in [2.24, 2.45) is 0 Å². The molecule has 0 aromatic carbocycles. The summed E-state index contributed by atoms with van der Waals surface area (Å²) in [7, 11) is 3.88. The van der Waals surface area contributed by atoms with Crippen molar-refractivity contribution in [1.82, 2.24) is 15.0 Å². The smallest absolute Gasteiger partial charge is 0.229 e. The van der Waals surface area contributed by atoms with Crippen molar-refractivity contribution >= 4 is 11.9 Å². The predicted molar refractivity (Wildman–Crippen MR) is 89.5 cm³/mol. The van der Waals surface area contributed by atoms with Crippen molar-refractivity contribution in [3.05, 3.63) is 5.82 Å². The van der Waals surface area contributed by atoms with Gasteiger partial charge in [-0.2, -0.15) is 15.0 Å². The second kappa shape index (κ2) is 5.65. The molecular formula is C16H29N5O. The number of hydrogen-bond donors (Lipinski definition) is 1. The van der Waals surface area contributed by atoms with Gasteiger partial charge in [0.05, 0.1) is 17.2 Å². The minimum atomic E-state index is -0.258. The highest BCUT2D eigenvalue weighted by molar-refractivity contribution is 5.38. The highest BCUT2D eigenvalue weighted by atomic mass is 16.5. The van der Waals surface area contributed by atoms with E-state index >= 15 is 0 Å². The van der Waals surface area contributed by atoms with E-state index in [1.54, 1.807) is 0 Å². The SMILES string of the molecule is CC(C)c1nc(NC2CC(C)(C)OC2(C)C)nc(N(C)C)n1. The van der Waals surface area contributed by atoms with Crippen LogP contribution in [0.15, 0.2) is 0 Å². The zero-order chi connectivity index (χ0) is 16.7. The van der Waals surface area contributed by atoms with Crippen LogP contribution in [0, 0.1) is 0 Å². The van der Waals surface area contributed by atoms with Crippen molar-refractivity contribution in [3.8, 4) is 0 Å². The molecule has 2 rings (SSSR count). The number of ether oxygens (including phenoxy) is 1. The van der Waals surface area contributed by atoms with Crippen LogP contribution in [0.2, 0.25) is 0 Å². The molecule has 1 unspecified atom stereocenters. The minimum Gasteiger partial charge on any atom is -0.367 e. The molecule has 1 saturated heterocycles. The lowest BCUT2D eigenvalue weighted by Crippen LogP contribution is -2.38. The molecule has 0 spiro atoms. The third-order valence-corrected chi connectivity index (χ3v) is 3.93. The molecule has 22 heavy (non-hydrogen) atoms. The monoisotopic (exact) mass is 307 g/mol. The Morgan fingerprint density at radius 1 is 1.14 bits per heavy atom. The van der Waals surface area contributed by atoms with Crippen molar-refractivity contribution in [2.45, 2.75) is 71.1 Å². The summed E-state index contributed by atoms with van der Waals surface area (Å²) in [5.74, 6) is 2.36. The normalized spacial score (nSPS) is 22.9. The Labute approximate surface area is 133 Å². The maximum atomic E-state index is 6.13. The van der Waals surface area contributed by atoms with Crippen LogP contribution in [-0.4, -0.2) is 46.3 Å². The van der Waals surface area contributed by atoms with Crippen LogP contribution < -0.4 is 10.2 Å². The second-order valence-electron chi connectivity index (χ2n) is 7.73. The average molecular weight is 307 g/mol. The summed E-state index contributed by atoms with van der Waals surface area (Å²) in [6, 6.07) is 0.167. The Balaban J connectivity index is 2.29. The molecule has 6 nitrogen and oxygen atoms in total. The molecule has 1 aliphatic heterocycles. The van der Waals surface area contributed by atoms with Gasteiger partial charge in [0, 0.05) is 20.0 Å². The van der Waals surface area contributed by atoms with Gasteiger partial charge in [0.2, 0.25) is 11.9 Å². The first-order valence-electron chi connectivity index (χ1n) is 7.90. The first-order chi connectivity index (χ1) is 10.00. The molecule has 1 fully saturated rings. The number of nitrogens with one attached hydrogen (secondary N) is 1. The summed E-state index contributed by atoms with van der Waals surface area (Å²) in [5.41, 5.74) is -0.397. The van der Waals surface area contributed by atoms with Gasteiger partial charge in [0.15, 0.2) is 0 Å². The third-order valence-electron chi connectivity index (χ3n) is 3.93. The molecule has 0 radical (unpaired) electrons. The average Bonchev–Trinajstić information content (AvgIpc) is 2.56. The highest BCUT2D eigenvalue weighted by Crippen LogP contribution is 2.38. The van der Waals surface area contributed by atoms with Gasteiger partial charge >= 0.3 is 0 Å². The van der Waals surface area contributed by atoms with Gasteiger partial charge in [-0.3, -0.25) is 0 Å². The van der Waals surface area contributed by atoms with Crippen LogP contribution in [-0.2, 0) is 4.74 Å². The van der Waals surface area contributed by atoms with Crippen LogP contribution in [0.25, 0.3) is 0 Å². The molecule has 1 aromatic heterocycles. The van der Waals surface area contributed by atoms with E-state index in [2.05, 4.69) is 61.8 Å². The Bertz CT molecular complexity index is 513. The predicted octanol–water partition coefficient (Wildman–Crippen LogP) is 2.82. The van der Waals surface area contributed by atoms with Crippen LogP contribution in [0.3, 0.4) is 0 Å². The quantitative estimate of drug-likeness (QED) is 0.923. The summed E-state index contributed by atoms with van der Waals surface area (Å²) in [4.78, 5) is 15.5. The number of anilines is 2. The lowest BCUT2D eigenvalue weighted by molar-refractivity contribution is -0.0663. The fraction of sp³-hybridized carbons (Fsp3) is 0.812. The lowest BCUT2D eigenvalue weighted by atomic mass is 9.95. The van der Waals surface area contributed by atoms with E-state index in [0.717, 1.165) is 12.2 Å². The third kappa shape index (κ3) is 3.66. The second-order valence-corrected chi connectivity index (χ2v) is 7.73. The fourth-order valence-corrected chi connectivity index (χ4v) is 2.85. The van der Waals surface area contributed by atoms with E-state index in [1.807, 2.05) is 19.0 Å². The zero-order valence-electron chi connectivity index (χ0n) is 15.1. The Kier molecular flexibility index (Phi) is 4.35. The Hall–Kier alpha value is -1.43. The van der Waals surface area contributed by atoms with E-state index in [4.69, 9.17) is 4.74 Å². The summed E-state index contributed by atoms with van der Waals surface area (Å²) in [5, 5.41) is 3.46. The minimum absolute atomic E-state index is 0.139.